The van der Waals surface area contributed by atoms with Crippen LogP contribution in [0, 0.1) is 0 Å². The van der Waals surface area contributed by atoms with Gasteiger partial charge in [0.1, 0.15) is 6.10 Å². The van der Waals surface area contributed by atoms with Gasteiger partial charge in [-0.25, -0.2) is 0 Å². The van der Waals surface area contributed by atoms with Crippen molar-refractivity contribution in [1.29, 1.82) is 0 Å². The zero-order chi connectivity index (χ0) is 13.0. The van der Waals surface area contributed by atoms with Gasteiger partial charge in [-0.3, -0.25) is 0 Å². The molecule has 0 spiro atoms. The summed E-state index contributed by atoms with van der Waals surface area (Å²) in [5.74, 6) is 0. The average Bonchev–Trinajstić information content (AvgIpc) is 3.08. The van der Waals surface area contributed by atoms with E-state index in [0.717, 1.165) is 12.1 Å². The summed E-state index contributed by atoms with van der Waals surface area (Å²) in [7, 11) is -0.274. The molecule has 3 rings (SSSR count). The number of hydrogen-bond donors (Lipinski definition) is 0. The van der Waals surface area contributed by atoms with E-state index in [1.54, 1.807) is 0 Å². The van der Waals surface area contributed by atoms with Crippen LogP contribution in [-0.2, 0) is 14.0 Å². The van der Waals surface area contributed by atoms with Crippen molar-refractivity contribution in [1.82, 2.24) is 0 Å². The maximum Gasteiger partial charge on any atom is 0.494 e. The third kappa shape index (κ3) is 1.98. The molecule has 2 saturated heterocycles. The lowest BCUT2D eigenvalue weighted by Crippen LogP contribution is -2.41. The molecule has 2 fully saturated rings. The fraction of sp³-hybridized carbons (Fsp3) is 0.571. The predicted octanol–water partition coefficient (Wildman–Crippen LogP) is 2.06. The maximum atomic E-state index is 6.01. The number of hydrogen-bond acceptors (Lipinski definition) is 3. The second kappa shape index (κ2) is 3.83. The van der Waals surface area contributed by atoms with Gasteiger partial charge in [0.05, 0.1) is 17.8 Å². The van der Waals surface area contributed by atoms with Crippen LogP contribution in [0.5, 0.6) is 0 Å². The van der Waals surface area contributed by atoms with Gasteiger partial charge >= 0.3 is 7.12 Å². The Morgan fingerprint density at radius 3 is 1.94 bits per heavy atom. The molecule has 0 amide bonds. The third-order valence-electron chi connectivity index (χ3n) is 4.17. The molecule has 2 aliphatic heterocycles. The number of benzene rings is 1. The van der Waals surface area contributed by atoms with Gasteiger partial charge in [-0.15, -0.1) is 0 Å². The van der Waals surface area contributed by atoms with Gasteiger partial charge in [0.25, 0.3) is 0 Å². The summed E-state index contributed by atoms with van der Waals surface area (Å²) in [6, 6.07) is 8.33. The molecule has 4 heteroatoms. The first-order valence-corrected chi connectivity index (χ1v) is 6.46. The summed E-state index contributed by atoms with van der Waals surface area (Å²) in [4.78, 5) is 0. The second-order valence-corrected chi connectivity index (χ2v) is 6.08. The Kier molecular flexibility index (Phi) is 2.60. The minimum Gasteiger partial charge on any atom is -0.399 e. The molecular weight excluding hydrogens is 227 g/mol. The van der Waals surface area contributed by atoms with E-state index in [2.05, 4.69) is 52.0 Å². The first kappa shape index (κ1) is 12.2. The van der Waals surface area contributed by atoms with E-state index in [0.29, 0.717) is 6.10 Å². The average molecular weight is 246 g/mol. The van der Waals surface area contributed by atoms with E-state index in [1.165, 1.54) is 5.56 Å². The minimum absolute atomic E-state index is 0.274. The van der Waals surface area contributed by atoms with E-state index in [1.807, 2.05) is 0 Å². The summed E-state index contributed by atoms with van der Waals surface area (Å²) in [5.41, 5.74) is 1.74. The summed E-state index contributed by atoms with van der Waals surface area (Å²) in [6.07, 6.45) is 0.303. The molecule has 3 nitrogen and oxygen atoms in total. The molecule has 1 aromatic carbocycles. The van der Waals surface area contributed by atoms with Crippen LogP contribution in [0.15, 0.2) is 24.3 Å². The van der Waals surface area contributed by atoms with E-state index < -0.39 is 0 Å². The second-order valence-electron chi connectivity index (χ2n) is 6.08. The zero-order valence-electron chi connectivity index (χ0n) is 11.4. The van der Waals surface area contributed by atoms with Gasteiger partial charge in [-0.1, -0.05) is 24.3 Å². The molecule has 96 valence electrons. The van der Waals surface area contributed by atoms with Gasteiger partial charge in [0.15, 0.2) is 0 Å². The Morgan fingerprint density at radius 2 is 1.50 bits per heavy atom. The van der Waals surface area contributed by atoms with Crippen LogP contribution < -0.4 is 5.46 Å². The van der Waals surface area contributed by atoms with Crippen LogP contribution in [0.1, 0.15) is 39.4 Å². The molecule has 0 saturated carbocycles. The molecular formula is C14H19BO3. The van der Waals surface area contributed by atoms with Crippen molar-refractivity contribution in [2.45, 2.75) is 45.0 Å². The Bertz CT molecular complexity index is 433. The van der Waals surface area contributed by atoms with E-state index >= 15 is 0 Å². The Balaban J connectivity index is 1.79. The van der Waals surface area contributed by atoms with Crippen molar-refractivity contribution >= 4 is 12.6 Å². The molecule has 1 unspecified atom stereocenters. The smallest absolute Gasteiger partial charge is 0.399 e. The van der Waals surface area contributed by atoms with E-state index in [-0.39, 0.29) is 18.3 Å². The van der Waals surface area contributed by atoms with E-state index in [4.69, 9.17) is 14.0 Å². The lowest BCUT2D eigenvalue weighted by molar-refractivity contribution is 0.00578. The molecule has 2 aliphatic rings. The standard InChI is InChI=1S/C14H19BO3/c1-13(2)14(3,4)18-15(17-13)11-7-5-10(6-8-11)12-9-16-12/h5-8,12H,9H2,1-4H3. The monoisotopic (exact) mass is 246 g/mol. The topological polar surface area (TPSA) is 31.0 Å². The summed E-state index contributed by atoms with van der Waals surface area (Å²) in [5, 5.41) is 0. The van der Waals surface area contributed by atoms with Crippen LogP contribution >= 0.6 is 0 Å². The SMILES string of the molecule is CC1(C)OB(c2ccc(C3CO3)cc2)OC1(C)C. The normalized spacial score (nSPS) is 28.4. The molecule has 0 aromatic heterocycles. The van der Waals surface area contributed by atoms with Crippen molar-refractivity contribution in [3.63, 3.8) is 0 Å². The maximum absolute atomic E-state index is 6.01. The van der Waals surface area contributed by atoms with Gasteiger partial charge in [0, 0.05) is 0 Å². The summed E-state index contributed by atoms with van der Waals surface area (Å²) >= 11 is 0. The van der Waals surface area contributed by atoms with Crippen LogP contribution in [0.2, 0.25) is 0 Å². The van der Waals surface area contributed by atoms with Gasteiger partial charge in [-0.2, -0.15) is 0 Å². The van der Waals surface area contributed by atoms with Crippen molar-refractivity contribution < 1.29 is 14.0 Å². The first-order valence-electron chi connectivity index (χ1n) is 6.46. The molecule has 2 heterocycles. The van der Waals surface area contributed by atoms with Crippen molar-refractivity contribution in [3.8, 4) is 0 Å². The summed E-state index contributed by atoms with van der Waals surface area (Å²) < 4.78 is 17.3. The highest BCUT2D eigenvalue weighted by molar-refractivity contribution is 6.62. The van der Waals surface area contributed by atoms with Crippen molar-refractivity contribution in [3.05, 3.63) is 29.8 Å². The van der Waals surface area contributed by atoms with Gasteiger partial charge in [-0.05, 0) is 38.7 Å². The zero-order valence-corrected chi connectivity index (χ0v) is 11.4. The molecule has 1 aromatic rings. The van der Waals surface area contributed by atoms with Crippen molar-refractivity contribution in [2.24, 2.45) is 0 Å². The lowest BCUT2D eigenvalue weighted by atomic mass is 9.79. The Morgan fingerprint density at radius 1 is 1.00 bits per heavy atom. The van der Waals surface area contributed by atoms with Gasteiger partial charge in [0.2, 0.25) is 0 Å². The highest BCUT2D eigenvalue weighted by atomic mass is 16.7. The fourth-order valence-electron chi connectivity index (χ4n) is 2.09. The molecule has 1 atom stereocenters. The van der Waals surface area contributed by atoms with Crippen LogP contribution in [0.3, 0.4) is 0 Å². The highest BCUT2D eigenvalue weighted by Crippen LogP contribution is 2.36. The van der Waals surface area contributed by atoms with Crippen molar-refractivity contribution in [2.75, 3.05) is 6.61 Å². The predicted molar refractivity (Wildman–Crippen MR) is 70.9 cm³/mol. The molecule has 18 heavy (non-hydrogen) atoms. The molecule has 0 bridgehead atoms. The quantitative estimate of drug-likeness (QED) is 0.591. The van der Waals surface area contributed by atoms with Crippen LogP contribution in [0.4, 0.5) is 0 Å². The summed E-state index contributed by atoms with van der Waals surface area (Å²) in [6.45, 7) is 9.12. The molecule has 0 aliphatic carbocycles. The fourth-order valence-corrected chi connectivity index (χ4v) is 2.09. The highest BCUT2D eigenvalue weighted by Gasteiger charge is 2.51. The van der Waals surface area contributed by atoms with Crippen LogP contribution in [-0.4, -0.2) is 24.9 Å². The van der Waals surface area contributed by atoms with Crippen LogP contribution in [0.25, 0.3) is 0 Å². The van der Waals surface area contributed by atoms with E-state index in [9.17, 15) is 0 Å². The molecule has 0 radical (unpaired) electrons. The van der Waals surface area contributed by atoms with Gasteiger partial charge < -0.3 is 14.0 Å². The Hall–Kier alpha value is -0.835. The largest absolute Gasteiger partial charge is 0.494 e. The minimum atomic E-state index is -0.282. The number of rotatable bonds is 2. The molecule has 0 N–H and O–H groups in total. The Labute approximate surface area is 109 Å². The lowest BCUT2D eigenvalue weighted by Gasteiger charge is -2.32. The number of epoxide rings is 1. The number of ether oxygens (including phenoxy) is 1. The first-order chi connectivity index (χ1) is 8.39. The third-order valence-corrected chi connectivity index (χ3v) is 4.17.